The van der Waals surface area contributed by atoms with E-state index in [0.717, 1.165) is 29.2 Å². The van der Waals surface area contributed by atoms with Gasteiger partial charge in [-0.3, -0.25) is 9.59 Å². The van der Waals surface area contributed by atoms with Gasteiger partial charge in [0.1, 0.15) is 18.0 Å². The molecule has 0 saturated carbocycles. The Hall–Kier alpha value is -2.48. The highest BCUT2D eigenvalue weighted by atomic mass is 32.2. The van der Waals surface area contributed by atoms with Crippen LogP contribution in [0.4, 0.5) is 5.69 Å². The summed E-state index contributed by atoms with van der Waals surface area (Å²) in [5.74, 6) is 2.54. The normalized spacial score (nSPS) is 13.0. The highest BCUT2D eigenvalue weighted by Gasteiger charge is 2.16. The van der Waals surface area contributed by atoms with E-state index in [0.29, 0.717) is 17.2 Å². The molecule has 1 aliphatic heterocycles. The summed E-state index contributed by atoms with van der Waals surface area (Å²) in [6.07, 6.45) is 0.814. The van der Waals surface area contributed by atoms with Gasteiger partial charge in [0.15, 0.2) is 0 Å². The number of carbonyl (C=O) groups excluding carboxylic acids is 1. The first kappa shape index (κ1) is 17.3. The van der Waals surface area contributed by atoms with Crippen LogP contribution in [0.3, 0.4) is 0 Å². The van der Waals surface area contributed by atoms with E-state index < -0.39 is 0 Å². The van der Waals surface area contributed by atoms with Crippen molar-refractivity contribution in [2.45, 2.75) is 18.7 Å². The molecule has 132 valence electrons. The molecule has 0 spiro atoms. The number of thioether (sulfide) groups is 1. The van der Waals surface area contributed by atoms with Gasteiger partial charge in [-0.25, -0.2) is 4.68 Å². The Kier molecular flexibility index (Phi) is 5.28. The molecule has 7 nitrogen and oxygen atoms in total. The summed E-state index contributed by atoms with van der Waals surface area (Å²) in [5.41, 5.74) is 2.11. The van der Waals surface area contributed by atoms with Crippen LogP contribution in [0.15, 0.2) is 29.1 Å². The third-order valence-corrected chi connectivity index (χ3v) is 4.89. The molecule has 2 heterocycles. The van der Waals surface area contributed by atoms with E-state index in [1.54, 1.807) is 43.1 Å². The van der Waals surface area contributed by atoms with E-state index in [2.05, 4.69) is 10.4 Å². The molecule has 1 amide bonds. The minimum Gasteiger partial charge on any atom is -0.497 e. The molecule has 1 aromatic carbocycles. The topological polar surface area (TPSA) is 82.5 Å². The molecular weight excluding hydrogens is 342 g/mol. The average Bonchev–Trinajstić information content (AvgIpc) is 2.62. The SMILES string of the molecule is COc1ccc(NC(=O)Cn2nc3c(cc2=O)CSCC3)c(OC)c1. The molecule has 1 N–H and O–H groups in total. The van der Waals surface area contributed by atoms with Crippen molar-refractivity contribution in [3.8, 4) is 11.5 Å². The zero-order valence-corrected chi connectivity index (χ0v) is 14.9. The van der Waals surface area contributed by atoms with Crippen molar-refractivity contribution in [1.82, 2.24) is 9.78 Å². The summed E-state index contributed by atoms with van der Waals surface area (Å²) >= 11 is 1.78. The first-order chi connectivity index (χ1) is 12.1. The van der Waals surface area contributed by atoms with Crippen LogP contribution in [0.5, 0.6) is 11.5 Å². The van der Waals surface area contributed by atoms with Gasteiger partial charge >= 0.3 is 0 Å². The van der Waals surface area contributed by atoms with Crippen molar-refractivity contribution >= 4 is 23.4 Å². The maximum Gasteiger partial charge on any atom is 0.267 e. The fourth-order valence-corrected chi connectivity index (χ4v) is 3.55. The zero-order valence-electron chi connectivity index (χ0n) is 14.1. The quantitative estimate of drug-likeness (QED) is 0.873. The van der Waals surface area contributed by atoms with Gasteiger partial charge in [-0.2, -0.15) is 16.9 Å². The van der Waals surface area contributed by atoms with Crippen LogP contribution in [0.25, 0.3) is 0 Å². The Bertz CT molecular complexity index is 850. The number of nitrogens with one attached hydrogen (secondary N) is 1. The Labute approximate surface area is 149 Å². The molecule has 0 atom stereocenters. The predicted octanol–water partition coefficient (Wildman–Crippen LogP) is 1.69. The number of anilines is 1. The highest BCUT2D eigenvalue weighted by Crippen LogP contribution is 2.29. The number of carbonyl (C=O) groups is 1. The van der Waals surface area contributed by atoms with Crippen LogP contribution in [0, 0.1) is 0 Å². The summed E-state index contributed by atoms with van der Waals surface area (Å²) in [6, 6.07) is 6.67. The molecule has 3 rings (SSSR count). The van der Waals surface area contributed by atoms with E-state index in [1.165, 1.54) is 11.8 Å². The van der Waals surface area contributed by atoms with Gasteiger partial charge in [0.2, 0.25) is 5.91 Å². The number of aromatic nitrogens is 2. The van der Waals surface area contributed by atoms with Crippen molar-refractivity contribution in [2.24, 2.45) is 0 Å². The Morgan fingerprint density at radius 1 is 1.32 bits per heavy atom. The number of hydrogen-bond acceptors (Lipinski definition) is 6. The molecule has 0 unspecified atom stereocenters. The van der Waals surface area contributed by atoms with Crippen LogP contribution in [0.1, 0.15) is 11.3 Å². The fourth-order valence-electron chi connectivity index (χ4n) is 2.59. The third-order valence-electron chi connectivity index (χ3n) is 3.88. The molecule has 0 saturated heterocycles. The lowest BCUT2D eigenvalue weighted by Gasteiger charge is -2.16. The van der Waals surface area contributed by atoms with Crippen molar-refractivity contribution in [3.63, 3.8) is 0 Å². The monoisotopic (exact) mass is 361 g/mol. The highest BCUT2D eigenvalue weighted by molar-refractivity contribution is 7.98. The lowest BCUT2D eigenvalue weighted by atomic mass is 10.2. The number of amides is 1. The molecule has 0 radical (unpaired) electrons. The fraction of sp³-hybridized carbons (Fsp3) is 0.353. The van der Waals surface area contributed by atoms with E-state index in [9.17, 15) is 9.59 Å². The van der Waals surface area contributed by atoms with Crippen molar-refractivity contribution in [1.29, 1.82) is 0 Å². The van der Waals surface area contributed by atoms with Gasteiger partial charge < -0.3 is 14.8 Å². The minimum absolute atomic E-state index is 0.144. The second-order valence-corrected chi connectivity index (χ2v) is 6.63. The number of fused-ring (bicyclic) bond motifs is 1. The van der Waals surface area contributed by atoms with Crippen LogP contribution in [-0.4, -0.2) is 35.7 Å². The summed E-state index contributed by atoms with van der Waals surface area (Å²) < 4.78 is 11.6. The number of hydrogen-bond donors (Lipinski definition) is 1. The van der Waals surface area contributed by atoms with E-state index >= 15 is 0 Å². The van der Waals surface area contributed by atoms with Crippen LogP contribution in [0.2, 0.25) is 0 Å². The van der Waals surface area contributed by atoms with Crippen molar-refractivity contribution < 1.29 is 14.3 Å². The number of ether oxygens (including phenoxy) is 2. The summed E-state index contributed by atoms with van der Waals surface area (Å²) in [7, 11) is 3.07. The van der Waals surface area contributed by atoms with Crippen molar-refractivity contribution in [3.05, 3.63) is 45.9 Å². The Morgan fingerprint density at radius 3 is 2.92 bits per heavy atom. The summed E-state index contributed by atoms with van der Waals surface area (Å²) in [4.78, 5) is 24.5. The molecular formula is C17H19N3O4S. The largest absolute Gasteiger partial charge is 0.497 e. The molecule has 0 bridgehead atoms. The number of methoxy groups -OCH3 is 2. The van der Waals surface area contributed by atoms with Crippen molar-refractivity contribution in [2.75, 3.05) is 25.3 Å². The lowest BCUT2D eigenvalue weighted by molar-refractivity contribution is -0.117. The molecule has 0 aliphatic carbocycles. The first-order valence-electron chi connectivity index (χ1n) is 7.80. The van der Waals surface area contributed by atoms with Gasteiger partial charge in [0.25, 0.3) is 5.56 Å². The molecule has 8 heteroatoms. The third kappa shape index (κ3) is 3.96. The smallest absolute Gasteiger partial charge is 0.267 e. The number of aryl methyl sites for hydroxylation is 1. The minimum atomic E-state index is -0.344. The second kappa shape index (κ2) is 7.60. The van der Waals surface area contributed by atoms with E-state index in [4.69, 9.17) is 9.47 Å². The van der Waals surface area contributed by atoms with Gasteiger partial charge in [0, 0.05) is 24.3 Å². The summed E-state index contributed by atoms with van der Waals surface area (Å²) in [5, 5.41) is 7.09. The predicted molar refractivity (Wildman–Crippen MR) is 96.5 cm³/mol. The second-order valence-electron chi connectivity index (χ2n) is 5.53. The van der Waals surface area contributed by atoms with E-state index in [1.807, 2.05) is 0 Å². The van der Waals surface area contributed by atoms with Gasteiger partial charge in [-0.1, -0.05) is 0 Å². The molecule has 1 aliphatic rings. The molecule has 0 fully saturated rings. The standard InChI is InChI=1S/C17H19N3O4S/c1-23-12-3-4-14(15(8-12)24-2)18-16(21)9-20-17(22)7-11-10-25-6-5-13(11)19-20/h3-4,7-8H,5-6,9-10H2,1-2H3,(H,18,21). The van der Waals surface area contributed by atoms with E-state index in [-0.39, 0.29) is 18.0 Å². The Morgan fingerprint density at radius 2 is 2.16 bits per heavy atom. The lowest BCUT2D eigenvalue weighted by Crippen LogP contribution is -2.31. The number of rotatable bonds is 5. The maximum absolute atomic E-state index is 12.3. The Balaban J connectivity index is 1.76. The molecule has 2 aromatic rings. The first-order valence-corrected chi connectivity index (χ1v) is 8.95. The van der Waals surface area contributed by atoms with Gasteiger partial charge in [0.05, 0.1) is 25.6 Å². The number of benzene rings is 1. The van der Waals surface area contributed by atoms with Crippen LogP contribution in [-0.2, 0) is 23.5 Å². The van der Waals surface area contributed by atoms with Crippen LogP contribution < -0.4 is 20.3 Å². The zero-order chi connectivity index (χ0) is 17.8. The van der Waals surface area contributed by atoms with Gasteiger partial charge in [-0.15, -0.1) is 0 Å². The maximum atomic E-state index is 12.3. The van der Waals surface area contributed by atoms with Gasteiger partial charge in [-0.05, 0) is 23.4 Å². The molecule has 25 heavy (non-hydrogen) atoms. The van der Waals surface area contributed by atoms with Crippen LogP contribution >= 0.6 is 11.8 Å². The average molecular weight is 361 g/mol. The number of nitrogens with zero attached hydrogens (tertiary/aromatic N) is 2. The summed E-state index contributed by atoms with van der Waals surface area (Å²) in [6.45, 7) is -0.144. The molecule has 1 aromatic heterocycles.